The average molecular weight is 216 g/mol. The van der Waals surface area contributed by atoms with Crippen molar-refractivity contribution in [3.63, 3.8) is 0 Å². The van der Waals surface area contributed by atoms with E-state index in [1.807, 2.05) is 39.8 Å². The zero-order valence-electron chi connectivity index (χ0n) is 10.1. The van der Waals surface area contributed by atoms with E-state index in [0.717, 1.165) is 17.0 Å². The van der Waals surface area contributed by atoms with Gasteiger partial charge in [0, 0.05) is 5.71 Å². The van der Waals surface area contributed by atoms with Crippen LogP contribution in [0.2, 0.25) is 0 Å². The lowest BCUT2D eigenvalue weighted by Gasteiger charge is -2.15. The maximum absolute atomic E-state index is 12.0. The molecule has 1 aromatic rings. The van der Waals surface area contributed by atoms with Crippen molar-refractivity contribution in [2.24, 2.45) is 11.0 Å². The standard InChI is InChI=1S/C13H16N2O/c1-8-5-6-12(9(2)7-8)15-13(16)10(3)11(4)14-15/h5-7,10H,1-4H3. The van der Waals surface area contributed by atoms with E-state index in [1.54, 1.807) is 0 Å². The van der Waals surface area contributed by atoms with Crippen LogP contribution in [0, 0.1) is 19.8 Å². The molecule has 84 valence electrons. The topological polar surface area (TPSA) is 32.7 Å². The number of amides is 1. The maximum Gasteiger partial charge on any atom is 0.255 e. The van der Waals surface area contributed by atoms with Crippen molar-refractivity contribution >= 4 is 17.3 Å². The molecule has 0 aliphatic carbocycles. The van der Waals surface area contributed by atoms with Gasteiger partial charge >= 0.3 is 0 Å². The fourth-order valence-electron chi connectivity index (χ4n) is 1.87. The molecule has 0 aromatic heterocycles. The van der Waals surface area contributed by atoms with Gasteiger partial charge < -0.3 is 0 Å². The number of aryl methyl sites for hydroxylation is 2. The number of carbonyl (C=O) groups is 1. The molecule has 0 N–H and O–H groups in total. The molecule has 1 aliphatic rings. The van der Waals surface area contributed by atoms with Gasteiger partial charge in [-0.25, -0.2) is 0 Å². The van der Waals surface area contributed by atoms with Crippen LogP contribution in [0.3, 0.4) is 0 Å². The van der Waals surface area contributed by atoms with Gasteiger partial charge in [-0.1, -0.05) is 17.7 Å². The lowest BCUT2D eigenvalue weighted by atomic mass is 10.1. The lowest BCUT2D eigenvalue weighted by Crippen LogP contribution is -2.25. The summed E-state index contributed by atoms with van der Waals surface area (Å²) in [6.45, 7) is 7.83. The summed E-state index contributed by atoms with van der Waals surface area (Å²) in [5.74, 6) is -0.0369. The first-order valence-corrected chi connectivity index (χ1v) is 5.47. The highest BCUT2D eigenvalue weighted by atomic mass is 16.2. The number of anilines is 1. The van der Waals surface area contributed by atoms with E-state index in [4.69, 9.17) is 0 Å². The minimum absolute atomic E-state index is 0.0597. The van der Waals surface area contributed by atoms with Gasteiger partial charge in [0.15, 0.2) is 0 Å². The molecular weight excluding hydrogens is 200 g/mol. The van der Waals surface area contributed by atoms with Crippen LogP contribution in [0.15, 0.2) is 23.3 Å². The molecule has 1 aromatic carbocycles. The third kappa shape index (κ3) is 1.62. The van der Waals surface area contributed by atoms with Crippen molar-refractivity contribution in [2.75, 3.05) is 5.01 Å². The molecule has 1 amide bonds. The van der Waals surface area contributed by atoms with Crippen molar-refractivity contribution in [1.29, 1.82) is 0 Å². The van der Waals surface area contributed by atoms with Gasteiger partial charge in [0.05, 0.1) is 11.6 Å². The average Bonchev–Trinajstić information content (AvgIpc) is 2.46. The van der Waals surface area contributed by atoms with Gasteiger partial charge in [0.2, 0.25) is 0 Å². The van der Waals surface area contributed by atoms with Crippen LogP contribution in [0.1, 0.15) is 25.0 Å². The summed E-state index contributed by atoms with van der Waals surface area (Å²) in [5, 5.41) is 5.83. The number of carbonyl (C=O) groups excluding carboxylic acids is 1. The predicted molar refractivity (Wildman–Crippen MR) is 65.7 cm³/mol. The molecule has 0 saturated heterocycles. The minimum atomic E-state index is -0.0966. The molecule has 2 rings (SSSR count). The summed E-state index contributed by atoms with van der Waals surface area (Å²) in [5.41, 5.74) is 4.05. The Labute approximate surface area is 95.8 Å². The Balaban J connectivity index is 2.43. The van der Waals surface area contributed by atoms with E-state index < -0.39 is 0 Å². The van der Waals surface area contributed by atoms with Crippen molar-refractivity contribution in [2.45, 2.75) is 27.7 Å². The Morgan fingerprint density at radius 1 is 1.25 bits per heavy atom. The highest BCUT2D eigenvalue weighted by Gasteiger charge is 2.31. The van der Waals surface area contributed by atoms with Gasteiger partial charge in [0.1, 0.15) is 0 Å². The first kappa shape index (κ1) is 10.9. The quantitative estimate of drug-likeness (QED) is 0.710. The molecule has 0 saturated carbocycles. The van der Waals surface area contributed by atoms with Gasteiger partial charge in [-0.15, -0.1) is 0 Å². The van der Waals surface area contributed by atoms with Crippen molar-refractivity contribution in [3.05, 3.63) is 29.3 Å². The highest BCUT2D eigenvalue weighted by molar-refractivity contribution is 6.14. The number of benzene rings is 1. The summed E-state index contributed by atoms with van der Waals surface area (Å²) < 4.78 is 0. The number of hydrogen-bond acceptors (Lipinski definition) is 2. The van der Waals surface area contributed by atoms with Crippen LogP contribution in [0.25, 0.3) is 0 Å². The molecule has 1 aliphatic heterocycles. The van der Waals surface area contributed by atoms with Crippen LogP contribution in [0.4, 0.5) is 5.69 Å². The Bertz CT molecular complexity index is 477. The Kier molecular flexibility index (Phi) is 2.54. The van der Waals surface area contributed by atoms with Gasteiger partial charge in [-0.05, 0) is 39.3 Å². The first-order valence-electron chi connectivity index (χ1n) is 5.47. The zero-order valence-corrected chi connectivity index (χ0v) is 10.1. The van der Waals surface area contributed by atoms with Gasteiger partial charge in [-0.3, -0.25) is 4.79 Å². The molecule has 3 nitrogen and oxygen atoms in total. The molecule has 3 heteroatoms. The highest BCUT2D eigenvalue weighted by Crippen LogP contribution is 2.27. The number of rotatable bonds is 1. The van der Waals surface area contributed by atoms with Crippen molar-refractivity contribution < 1.29 is 4.79 Å². The number of nitrogens with zero attached hydrogens (tertiary/aromatic N) is 2. The normalized spacial score (nSPS) is 20.2. The van der Waals surface area contributed by atoms with Crippen molar-refractivity contribution in [3.8, 4) is 0 Å². The molecule has 1 unspecified atom stereocenters. The maximum atomic E-state index is 12.0. The van der Waals surface area contributed by atoms with E-state index in [9.17, 15) is 4.79 Å². The molecule has 0 bridgehead atoms. The molecule has 0 fully saturated rings. The zero-order chi connectivity index (χ0) is 11.9. The summed E-state index contributed by atoms with van der Waals surface area (Å²) in [4.78, 5) is 12.0. The van der Waals surface area contributed by atoms with Gasteiger partial charge in [0.25, 0.3) is 5.91 Å². The van der Waals surface area contributed by atoms with Gasteiger partial charge in [-0.2, -0.15) is 10.1 Å². The van der Waals surface area contributed by atoms with Crippen LogP contribution in [-0.2, 0) is 4.79 Å². The fourth-order valence-corrected chi connectivity index (χ4v) is 1.87. The molecule has 1 heterocycles. The summed E-state index contributed by atoms with van der Waals surface area (Å²) in [6.07, 6.45) is 0. The van der Waals surface area contributed by atoms with Crippen LogP contribution >= 0.6 is 0 Å². The van der Waals surface area contributed by atoms with E-state index in [1.165, 1.54) is 10.6 Å². The fraction of sp³-hybridized carbons (Fsp3) is 0.385. The predicted octanol–water partition coefficient (Wildman–Crippen LogP) is 2.66. The summed E-state index contributed by atoms with van der Waals surface area (Å²) >= 11 is 0. The Morgan fingerprint density at radius 2 is 1.94 bits per heavy atom. The van der Waals surface area contributed by atoms with E-state index in [0.29, 0.717) is 0 Å². The first-order chi connectivity index (χ1) is 7.50. The minimum Gasteiger partial charge on any atom is -0.272 e. The summed E-state index contributed by atoms with van der Waals surface area (Å²) in [6, 6.07) is 6.03. The molecular formula is C13H16N2O. The van der Waals surface area contributed by atoms with Crippen LogP contribution < -0.4 is 5.01 Å². The van der Waals surface area contributed by atoms with E-state index >= 15 is 0 Å². The van der Waals surface area contributed by atoms with Crippen LogP contribution in [-0.4, -0.2) is 11.6 Å². The van der Waals surface area contributed by atoms with E-state index in [2.05, 4.69) is 11.2 Å². The molecule has 0 spiro atoms. The van der Waals surface area contributed by atoms with Crippen LogP contribution in [0.5, 0.6) is 0 Å². The SMILES string of the molecule is CC1=NN(c2ccc(C)cc2C)C(=O)C1C. The molecule has 1 atom stereocenters. The second-order valence-corrected chi connectivity index (χ2v) is 4.40. The van der Waals surface area contributed by atoms with E-state index in [-0.39, 0.29) is 11.8 Å². The summed E-state index contributed by atoms with van der Waals surface area (Å²) in [7, 11) is 0. The second-order valence-electron chi connectivity index (χ2n) is 4.40. The largest absolute Gasteiger partial charge is 0.272 e. The Morgan fingerprint density at radius 3 is 2.44 bits per heavy atom. The Hall–Kier alpha value is -1.64. The third-order valence-electron chi connectivity index (χ3n) is 3.04. The number of hydrazone groups is 1. The monoisotopic (exact) mass is 216 g/mol. The smallest absolute Gasteiger partial charge is 0.255 e. The van der Waals surface area contributed by atoms with Crippen molar-refractivity contribution in [1.82, 2.24) is 0 Å². The second kappa shape index (κ2) is 3.74. The third-order valence-corrected chi connectivity index (χ3v) is 3.04. The number of hydrogen-bond donors (Lipinski definition) is 0. The lowest BCUT2D eigenvalue weighted by molar-refractivity contribution is -0.119. The molecule has 0 radical (unpaired) electrons. The molecule has 16 heavy (non-hydrogen) atoms.